The van der Waals surface area contributed by atoms with Gasteiger partial charge in [-0.3, -0.25) is 14.4 Å². The Hall–Kier alpha value is -3.46. The summed E-state index contributed by atoms with van der Waals surface area (Å²) in [5.74, 6) is -2.37. The number of nitrogens with one attached hydrogen (secondary N) is 2. The molecule has 0 aromatic rings. The van der Waals surface area contributed by atoms with Gasteiger partial charge in [0.2, 0.25) is 11.8 Å². The van der Waals surface area contributed by atoms with Gasteiger partial charge in [-0.15, -0.1) is 0 Å². The van der Waals surface area contributed by atoms with E-state index in [9.17, 15) is 19.2 Å². The average molecular weight is 771 g/mol. The van der Waals surface area contributed by atoms with Crippen LogP contribution in [0.25, 0.3) is 0 Å². The number of aliphatic hydroxyl groups excluding tert-OH is 1. The first-order valence-corrected chi connectivity index (χ1v) is 21.7. The number of ether oxygens (including phenoxy) is 1. The van der Waals surface area contributed by atoms with E-state index in [1.807, 2.05) is 6.08 Å². The summed E-state index contributed by atoms with van der Waals surface area (Å²) < 4.78 is 5.91. The minimum atomic E-state index is -1.39. The first-order valence-electron chi connectivity index (χ1n) is 21.7. The lowest BCUT2D eigenvalue weighted by atomic mass is 10.1. The lowest BCUT2D eigenvalue weighted by molar-refractivity contribution is -0.147. The van der Waals surface area contributed by atoms with Crippen molar-refractivity contribution < 1.29 is 34.1 Å². The summed E-state index contributed by atoms with van der Waals surface area (Å²) in [6.45, 7) is 3.33. The lowest BCUT2D eigenvalue weighted by Gasteiger charge is -2.15. The third kappa shape index (κ3) is 37.2. The van der Waals surface area contributed by atoms with E-state index in [1.165, 1.54) is 57.8 Å². The highest BCUT2D eigenvalue weighted by atomic mass is 16.5. The summed E-state index contributed by atoms with van der Waals surface area (Å²) in [5, 5.41) is 22.5. The molecule has 0 aliphatic heterocycles. The van der Waals surface area contributed by atoms with Gasteiger partial charge in [0.1, 0.15) is 12.1 Å². The van der Waals surface area contributed by atoms with Gasteiger partial charge in [-0.25, -0.2) is 4.79 Å². The Kier molecular flexibility index (Phi) is 37.7. The molecule has 0 saturated carbocycles. The van der Waals surface area contributed by atoms with Crippen LogP contribution < -0.4 is 10.6 Å². The Balaban J connectivity index is 4.25. The van der Waals surface area contributed by atoms with Crippen molar-refractivity contribution in [1.29, 1.82) is 0 Å². The Morgan fingerprint density at radius 2 is 1.09 bits per heavy atom. The molecule has 0 saturated heterocycles. The highest BCUT2D eigenvalue weighted by Crippen LogP contribution is 2.15. The van der Waals surface area contributed by atoms with Crippen molar-refractivity contribution >= 4 is 23.8 Å². The molecule has 0 heterocycles. The van der Waals surface area contributed by atoms with Crippen molar-refractivity contribution in [1.82, 2.24) is 10.6 Å². The fraction of sp³-hybridized carbons (Fsp3) is 0.696. The number of carbonyl (C=O) groups is 4. The van der Waals surface area contributed by atoms with E-state index in [1.54, 1.807) is 0 Å². The van der Waals surface area contributed by atoms with Crippen LogP contribution in [0.5, 0.6) is 0 Å². The van der Waals surface area contributed by atoms with Crippen LogP contribution in [-0.2, 0) is 23.9 Å². The minimum absolute atomic E-state index is 0.112. The molecule has 314 valence electrons. The first-order chi connectivity index (χ1) is 26.8. The molecule has 55 heavy (non-hydrogen) atoms. The van der Waals surface area contributed by atoms with E-state index < -0.39 is 24.5 Å². The van der Waals surface area contributed by atoms with Gasteiger partial charge in [-0.05, 0) is 83.1 Å². The van der Waals surface area contributed by atoms with E-state index in [-0.39, 0.29) is 30.9 Å². The van der Waals surface area contributed by atoms with Crippen LogP contribution in [0.3, 0.4) is 0 Å². The molecule has 0 radical (unpaired) electrons. The number of carbonyl (C=O) groups excluding carboxylic acids is 3. The Bertz CT molecular complexity index is 1110. The zero-order valence-electron chi connectivity index (χ0n) is 34.7. The Labute approximate surface area is 334 Å². The molecular weight excluding hydrogens is 693 g/mol. The molecule has 0 aromatic carbocycles. The topological polar surface area (TPSA) is 142 Å². The maximum Gasteiger partial charge on any atom is 0.328 e. The summed E-state index contributed by atoms with van der Waals surface area (Å²) in [7, 11) is 0. The Morgan fingerprint density at radius 3 is 1.67 bits per heavy atom. The van der Waals surface area contributed by atoms with Gasteiger partial charge in [-0.2, -0.15) is 0 Å². The van der Waals surface area contributed by atoms with Crippen molar-refractivity contribution in [2.75, 3.05) is 13.2 Å². The molecule has 2 amide bonds. The van der Waals surface area contributed by atoms with Crippen LogP contribution in [0.2, 0.25) is 0 Å². The molecule has 9 heteroatoms. The fourth-order valence-electron chi connectivity index (χ4n) is 5.91. The molecule has 0 fully saturated rings. The summed E-state index contributed by atoms with van der Waals surface area (Å²) in [6, 6.07) is -1.39. The maximum absolute atomic E-state index is 12.7. The van der Waals surface area contributed by atoms with Gasteiger partial charge < -0.3 is 25.6 Å². The van der Waals surface area contributed by atoms with Crippen LogP contribution >= 0.6 is 0 Å². The van der Waals surface area contributed by atoms with Crippen molar-refractivity contribution in [3.05, 3.63) is 60.8 Å². The van der Waals surface area contributed by atoms with Crippen LogP contribution in [-0.4, -0.2) is 59.3 Å². The van der Waals surface area contributed by atoms with E-state index >= 15 is 0 Å². The average Bonchev–Trinajstić information content (AvgIpc) is 3.17. The molecular formula is C46H78N2O7. The molecule has 4 N–H and O–H groups in total. The summed E-state index contributed by atoms with van der Waals surface area (Å²) in [5.41, 5.74) is 0. The second-order valence-electron chi connectivity index (χ2n) is 14.4. The summed E-state index contributed by atoms with van der Waals surface area (Å²) in [4.78, 5) is 47.4. The van der Waals surface area contributed by atoms with Crippen molar-refractivity contribution in [2.24, 2.45) is 0 Å². The SMILES string of the molecule is CC/C=C\C/C=C\C/C=C\C(CCCCCCCCC(=O)NCC(=O)NC(CO)C(=O)O)OC(=O)CCCCCCCCC/C=C\C/C=C\CCCCCC. The van der Waals surface area contributed by atoms with E-state index in [0.29, 0.717) is 12.8 Å². The van der Waals surface area contributed by atoms with E-state index in [4.69, 9.17) is 14.9 Å². The van der Waals surface area contributed by atoms with E-state index in [0.717, 1.165) is 89.9 Å². The zero-order valence-corrected chi connectivity index (χ0v) is 34.7. The summed E-state index contributed by atoms with van der Waals surface area (Å²) >= 11 is 0. The number of aliphatic carboxylic acids is 1. The highest BCUT2D eigenvalue weighted by Gasteiger charge is 2.18. The van der Waals surface area contributed by atoms with Crippen molar-refractivity contribution in [3.63, 3.8) is 0 Å². The van der Waals surface area contributed by atoms with Crippen LogP contribution in [0.4, 0.5) is 0 Å². The standard InChI is InChI=1S/C46H78N2O7/c1-3-5-7-9-11-13-14-15-16-17-18-19-20-21-22-24-30-34-38-45(52)55-41(35-31-27-23-12-10-8-6-4-2)36-32-28-25-26-29-33-37-43(50)47-39-44(51)48-42(40-49)46(53)54/h6,8,12-14,16-17,23,31,35,41-42,49H,3-5,7,9-11,15,18-22,24-30,32-34,36-40H2,1-2H3,(H,47,50)(H,48,51)(H,53,54)/b8-6-,14-13-,17-16-,23-12-,35-31-. The summed E-state index contributed by atoms with van der Waals surface area (Å²) in [6.07, 6.45) is 48.5. The fourth-order valence-corrected chi connectivity index (χ4v) is 5.91. The second kappa shape index (κ2) is 40.2. The number of esters is 1. The van der Waals surface area contributed by atoms with Crippen molar-refractivity contribution in [2.45, 2.75) is 193 Å². The van der Waals surface area contributed by atoms with Gasteiger partial charge in [0.15, 0.2) is 0 Å². The molecule has 0 aliphatic carbocycles. The Morgan fingerprint density at radius 1 is 0.582 bits per heavy atom. The predicted molar refractivity (Wildman–Crippen MR) is 227 cm³/mol. The molecule has 9 nitrogen and oxygen atoms in total. The number of allylic oxidation sites excluding steroid dienone is 9. The molecule has 0 rings (SSSR count). The first kappa shape index (κ1) is 51.5. The molecule has 0 aliphatic rings. The quantitative estimate of drug-likeness (QED) is 0.0278. The number of carboxylic acid groups (broad SMARTS) is 1. The number of hydrogen-bond acceptors (Lipinski definition) is 6. The number of unbranched alkanes of at least 4 members (excludes halogenated alkanes) is 16. The van der Waals surface area contributed by atoms with Gasteiger partial charge in [-0.1, -0.05) is 146 Å². The number of rotatable bonds is 38. The number of carboxylic acids is 1. The third-order valence-corrected chi connectivity index (χ3v) is 9.23. The number of hydrogen-bond donors (Lipinski definition) is 4. The van der Waals surface area contributed by atoms with E-state index in [2.05, 4.69) is 79.2 Å². The second-order valence-corrected chi connectivity index (χ2v) is 14.4. The molecule has 0 aromatic heterocycles. The lowest BCUT2D eigenvalue weighted by Crippen LogP contribution is -2.47. The smallest absolute Gasteiger partial charge is 0.328 e. The zero-order chi connectivity index (χ0) is 40.5. The van der Waals surface area contributed by atoms with Gasteiger partial charge in [0, 0.05) is 12.8 Å². The molecule has 2 unspecified atom stereocenters. The van der Waals surface area contributed by atoms with Crippen LogP contribution in [0.1, 0.15) is 181 Å². The maximum atomic E-state index is 12.7. The van der Waals surface area contributed by atoms with Gasteiger partial charge in [0.25, 0.3) is 0 Å². The minimum Gasteiger partial charge on any atom is -0.480 e. The molecule has 2 atom stereocenters. The van der Waals surface area contributed by atoms with Crippen LogP contribution in [0.15, 0.2) is 60.8 Å². The normalized spacial score (nSPS) is 13.1. The molecule has 0 bridgehead atoms. The predicted octanol–water partition coefficient (Wildman–Crippen LogP) is 10.5. The largest absolute Gasteiger partial charge is 0.480 e. The number of aliphatic hydroxyl groups is 1. The van der Waals surface area contributed by atoms with Gasteiger partial charge in [0.05, 0.1) is 13.2 Å². The van der Waals surface area contributed by atoms with Crippen molar-refractivity contribution in [3.8, 4) is 0 Å². The monoisotopic (exact) mass is 771 g/mol. The molecule has 0 spiro atoms. The van der Waals surface area contributed by atoms with Crippen LogP contribution in [0, 0.1) is 0 Å². The highest BCUT2D eigenvalue weighted by molar-refractivity contribution is 5.87. The van der Waals surface area contributed by atoms with Gasteiger partial charge >= 0.3 is 11.9 Å². The number of amides is 2. The third-order valence-electron chi connectivity index (χ3n) is 9.23.